The Morgan fingerprint density at radius 1 is 0.696 bits per heavy atom. The first-order chi connectivity index (χ1) is 11.3. The lowest BCUT2D eigenvalue weighted by atomic mass is 9.87. The molecule has 2 aliphatic rings. The molecule has 0 bridgehead atoms. The highest BCUT2D eigenvalue weighted by Gasteiger charge is 2.20. The summed E-state index contributed by atoms with van der Waals surface area (Å²) < 4.78 is 0. The van der Waals surface area contributed by atoms with Gasteiger partial charge >= 0.3 is 0 Å². The van der Waals surface area contributed by atoms with Crippen molar-refractivity contribution in [2.75, 3.05) is 39.8 Å². The standard InChI is InChI=1S/C21H42N2/c1-3-4-5-6-7-15-23-18-13-21(14-19-23)10-8-9-20-11-16-22(2)17-12-20/h20-21H,3-19H2,1-2H3. The SMILES string of the molecule is CCCCCCCN1CCC(CCCC2CCN(C)CC2)CC1. The number of nitrogens with zero attached hydrogens (tertiary/aromatic N) is 2. The first-order valence-corrected chi connectivity index (χ1v) is 10.7. The molecule has 0 aromatic heterocycles. The van der Waals surface area contributed by atoms with Gasteiger partial charge in [0.25, 0.3) is 0 Å². The Balaban J connectivity index is 1.45. The van der Waals surface area contributed by atoms with E-state index in [4.69, 9.17) is 0 Å². The van der Waals surface area contributed by atoms with E-state index >= 15 is 0 Å². The number of hydrogen-bond donors (Lipinski definition) is 0. The Kier molecular flexibility index (Phi) is 9.60. The Bertz CT molecular complexity index is 276. The van der Waals surface area contributed by atoms with Crippen LogP contribution in [0.3, 0.4) is 0 Å². The number of likely N-dealkylation sites (tertiary alicyclic amines) is 2. The number of piperidine rings is 2. The summed E-state index contributed by atoms with van der Waals surface area (Å²) in [5, 5.41) is 0. The highest BCUT2D eigenvalue weighted by molar-refractivity contribution is 4.74. The molecule has 0 amide bonds. The van der Waals surface area contributed by atoms with Crippen molar-refractivity contribution in [1.82, 2.24) is 9.80 Å². The van der Waals surface area contributed by atoms with E-state index in [1.807, 2.05) is 0 Å². The Morgan fingerprint density at radius 3 is 1.87 bits per heavy atom. The van der Waals surface area contributed by atoms with E-state index in [-0.39, 0.29) is 0 Å². The summed E-state index contributed by atoms with van der Waals surface area (Å²) >= 11 is 0. The van der Waals surface area contributed by atoms with Crippen molar-refractivity contribution >= 4 is 0 Å². The second kappa shape index (κ2) is 11.5. The van der Waals surface area contributed by atoms with Gasteiger partial charge < -0.3 is 9.80 Å². The van der Waals surface area contributed by atoms with Crippen LogP contribution in [0.4, 0.5) is 0 Å². The van der Waals surface area contributed by atoms with E-state index in [0.29, 0.717) is 0 Å². The first-order valence-electron chi connectivity index (χ1n) is 10.7. The number of unbranched alkanes of at least 4 members (excludes halogenated alkanes) is 4. The first kappa shape index (κ1) is 19.2. The zero-order valence-electron chi connectivity index (χ0n) is 16.1. The average molecular weight is 323 g/mol. The molecule has 2 heteroatoms. The fourth-order valence-corrected chi connectivity index (χ4v) is 4.48. The largest absolute Gasteiger partial charge is 0.306 e. The summed E-state index contributed by atoms with van der Waals surface area (Å²) in [7, 11) is 2.27. The minimum absolute atomic E-state index is 1.04. The fourth-order valence-electron chi connectivity index (χ4n) is 4.48. The third-order valence-corrected chi connectivity index (χ3v) is 6.35. The minimum Gasteiger partial charge on any atom is -0.306 e. The van der Waals surface area contributed by atoms with E-state index < -0.39 is 0 Å². The highest BCUT2D eigenvalue weighted by atomic mass is 15.1. The van der Waals surface area contributed by atoms with Gasteiger partial charge in [-0.2, -0.15) is 0 Å². The van der Waals surface area contributed by atoms with E-state index in [0.717, 1.165) is 11.8 Å². The summed E-state index contributed by atoms with van der Waals surface area (Å²) in [5.41, 5.74) is 0. The van der Waals surface area contributed by atoms with Gasteiger partial charge in [0.2, 0.25) is 0 Å². The van der Waals surface area contributed by atoms with Gasteiger partial charge in [-0.1, -0.05) is 51.9 Å². The second-order valence-electron chi connectivity index (χ2n) is 8.38. The van der Waals surface area contributed by atoms with Crippen LogP contribution in [0, 0.1) is 11.8 Å². The molecule has 2 fully saturated rings. The predicted octanol–water partition coefficient (Wildman–Crippen LogP) is 5.18. The zero-order valence-corrected chi connectivity index (χ0v) is 16.1. The van der Waals surface area contributed by atoms with Crippen LogP contribution >= 0.6 is 0 Å². The van der Waals surface area contributed by atoms with E-state index in [1.165, 1.54) is 110 Å². The topological polar surface area (TPSA) is 6.48 Å². The van der Waals surface area contributed by atoms with Crippen LogP contribution in [0.25, 0.3) is 0 Å². The van der Waals surface area contributed by atoms with Gasteiger partial charge in [-0.25, -0.2) is 0 Å². The van der Waals surface area contributed by atoms with Gasteiger partial charge in [0.1, 0.15) is 0 Å². The van der Waals surface area contributed by atoms with Crippen LogP contribution < -0.4 is 0 Å². The summed E-state index contributed by atoms with van der Waals surface area (Å²) in [6.45, 7) is 9.10. The summed E-state index contributed by atoms with van der Waals surface area (Å²) in [5.74, 6) is 2.08. The van der Waals surface area contributed by atoms with Gasteiger partial charge in [-0.3, -0.25) is 0 Å². The molecule has 2 nitrogen and oxygen atoms in total. The molecule has 2 aliphatic heterocycles. The highest BCUT2D eigenvalue weighted by Crippen LogP contribution is 2.27. The molecule has 23 heavy (non-hydrogen) atoms. The molecule has 0 spiro atoms. The van der Waals surface area contributed by atoms with Crippen LogP contribution in [-0.2, 0) is 0 Å². The zero-order chi connectivity index (χ0) is 16.3. The molecule has 2 saturated heterocycles. The summed E-state index contributed by atoms with van der Waals surface area (Å²) in [6.07, 6.45) is 17.5. The van der Waals surface area contributed by atoms with Crippen LogP contribution in [-0.4, -0.2) is 49.6 Å². The average Bonchev–Trinajstić information content (AvgIpc) is 2.58. The number of rotatable bonds is 10. The Labute approximate surface area is 146 Å². The molecule has 0 aromatic rings. The maximum atomic E-state index is 2.74. The third-order valence-electron chi connectivity index (χ3n) is 6.35. The molecule has 0 atom stereocenters. The second-order valence-corrected chi connectivity index (χ2v) is 8.38. The van der Waals surface area contributed by atoms with Crippen molar-refractivity contribution in [3.05, 3.63) is 0 Å². The fraction of sp³-hybridized carbons (Fsp3) is 1.00. The van der Waals surface area contributed by atoms with E-state index in [9.17, 15) is 0 Å². The third kappa shape index (κ3) is 8.03. The molecule has 0 saturated carbocycles. The van der Waals surface area contributed by atoms with Gasteiger partial charge in [-0.15, -0.1) is 0 Å². The normalized spacial score (nSPS) is 22.7. The Morgan fingerprint density at radius 2 is 1.26 bits per heavy atom. The smallest absolute Gasteiger partial charge is 0.00161 e. The molecule has 0 N–H and O–H groups in total. The van der Waals surface area contributed by atoms with E-state index in [1.54, 1.807) is 0 Å². The van der Waals surface area contributed by atoms with Crippen LogP contribution in [0.15, 0.2) is 0 Å². The van der Waals surface area contributed by atoms with Crippen LogP contribution in [0.1, 0.15) is 84.0 Å². The predicted molar refractivity (Wildman–Crippen MR) is 102 cm³/mol. The van der Waals surface area contributed by atoms with Gasteiger partial charge in [0.05, 0.1) is 0 Å². The Hall–Kier alpha value is -0.0800. The van der Waals surface area contributed by atoms with Gasteiger partial charge in [0.15, 0.2) is 0 Å². The lowest BCUT2D eigenvalue weighted by Crippen LogP contribution is -2.34. The van der Waals surface area contributed by atoms with Crippen molar-refractivity contribution < 1.29 is 0 Å². The van der Waals surface area contributed by atoms with Gasteiger partial charge in [-0.05, 0) is 83.7 Å². The number of hydrogen-bond acceptors (Lipinski definition) is 2. The molecular weight excluding hydrogens is 280 g/mol. The lowest BCUT2D eigenvalue weighted by Gasteiger charge is -2.33. The van der Waals surface area contributed by atoms with Crippen LogP contribution in [0.2, 0.25) is 0 Å². The summed E-state index contributed by atoms with van der Waals surface area (Å²) in [6, 6.07) is 0. The molecule has 0 radical (unpaired) electrons. The quantitative estimate of drug-likeness (QED) is 0.511. The van der Waals surface area contributed by atoms with Crippen molar-refractivity contribution in [2.24, 2.45) is 11.8 Å². The van der Waals surface area contributed by atoms with Gasteiger partial charge in [0, 0.05) is 0 Å². The monoisotopic (exact) mass is 322 g/mol. The van der Waals surface area contributed by atoms with Crippen molar-refractivity contribution in [2.45, 2.75) is 84.0 Å². The molecular formula is C21H42N2. The molecule has 2 rings (SSSR count). The van der Waals surface area contributed by atoms with E-state index in [2.05, 4.69) is 23.8 Å². The molecule has 0 aliphatic carbocycles. The molecule has 136 valence electrons. The maximum Gasteiger partial charge on any atom is -0.00161 e. The van der Waals surface area contributed by atoms with Crippen LogP contribution in [0.5, 0.6) is 0 Å². The van der Waals surface area contributed by atoms with Crippen molar-refractivity contribution in [3.8, 4) is 0 Å². The minimum atomic E-state index is 1.04. The van der Waals surface area contributed by atoms with Crippen molar-refractivity contribution in [1.29, 1.82) is 0 Å². The molecule has 2 heterocycles. The van der Waals surface area contributed by atoms with Crippen molar-refractivity contribution in [3.63, 3.8) is 0 Å². The molecule has 0 aromatic carbocycles. The summed E-state index contributed by atoms with van der Waals surface area (Å²) in [4.78, 5) is 5.23. The molecule has 0 unspecified atom stereocenters. The maximum absolute atomic E-state index is 2.74. The lowest BCUT2D eigenvalue weighted by molar-refractivity contribution is 0.168.